The van der Waals surface area contributed by atoms with Crippen LogP contribution in [0.5, 0.6) is 11.5 Å². The number of nitrogens with one attached hydrogen (secondary N) is 1. The lowest BCUT2D eigenvalue weighted by Gasteiger charge is -2.23. The van der Waals surface area contributed by atoms with Crippen LogP contribution in [0.15, 0.2) is 18.2 Å². The number of methoxy groups -OCH3 is 2. The number of benzene rings is 1. The molecular formula is C16H25NO3. The van der Waals surface area contributed by atoms with Crippen molar-refractivity contribution in [3.05, 3.63) is 23.8 Å². The molecule has 0 spiro atoms. The van der Waals surface area contributed by atoms with Crippen molar-refractivity contribution in [2.45, 2.75) is 38.3 Å². The summed E-state index contributed by atoms with van der Waals surface area (Å²) < 4.78 is 16.4. The fraction of sp³-hybridized carbons (Fsp3) is 0.625. The average molecular weight is 279 g/mol. The van der Waals surface area contributed by atoms with Crippen molar-refractivity contribution in [3.63, 3.8) is 0 Å². The summed E-state index contributed by atoms with van der Waals surface area (Å²) >= 11 is 0. The topological polar surface area (TPSA) is 39.7 Å². The van der Waals surface area contributed by atoms with Gasteiger partial charge in [0.2, 0.25) is 0 Å². The quantitative estimate of drug-likeness (QED) is 0.779. The van der Waals surface area contributed by atoms with Gasteiger partial charge >= 0.3 is 0 Å². The SMILES string of the molecule is COc1ccc(OC)c(COCCC2CCCCN2)c1. The monoisotopic (exact) mass is 279 g/mol. The fourth-order valence-electron chi connectivity index (χ4n) is 2.57. The molecule has 0 aromatic heterocycles. The third kappa shape index (κ3) is 4.39. The molecule has 1 unspecified atom stereocenters. The van der Waals surface area contributed by atoms with Crippen molar-refractivity contribution in [3.8, 4) is 11.5 Å². The molecule has 0 radical (unpaired) electrons. The third-order valence-corrected chi connectivity index (χ3v) is 3.77. The Balaban J connectivity index is 1.77. The summed E-state index contributed by atoms with van der Waals surface area (Å²) in [7, 11) is 3.35. The van der Waals surface area contributed by atoms with Gasteiger partial charge in [0.15, 0.2) is 0 Å². The molecule has 0 aliphatic carbocycles. The van der Waals surface area contributed by atoms with Gasteiger partial charge in [0.05, 0.1) is 20.8 Å². The van der Waals surface area contributed by atoms with E-state index in [1.54, 1.807) is 14.2 Å². The Morgan fingerprint density at radius 3 is 2.80 bits per heavy atom. The van der Waals surface area contributed by atoms with Crippen molar-refractivity contribution in [1.29, 1.82) is 0 Å². The molecule has 1 saturated heterocycles. The molecule has 0 bridgehead atoms. The predicted octanol–water partition coefficient (Wildman–Crippen LogP) is 2.75. The van der Waals surface area contributed by atoms with Gasteiger partial charge in [-0.25, -0.2) is 0 Å². The first-order valence-electron chi connectivity index (χ1n) is 7.35. The Kier molecular flexibility index (Phi) is 6.15. The number of hydrogen-bond donors (Lipinski definition) is 1. The van der Waals surface area contributed by atoms with E-state index in [1.807, 2.05) is 18.2 Å². The zero-order valence-electron chi connectivity index (χ0n) is 12.5. The van der Waals surface area contributed by atoms with Crippen molar-refractivity contribution in [2.24, 2.45) is 0 Å². The van der Waals surface area contributed by atoms with E-state index in [0.717, 1.165) is 36.6 Å². The van der Waals surface area contributed by atoms with Crippen LogP contribution in [0, 0.1) is 0 Å². The molecule has 1 atom stereocenters. The summed E-state index contributed by atoms with van der Waals surface area (Å²) in [6.07, 6.45) is 4.98. The number of ether oxygens (including phenoxy) is 3. The molecule has 1 N–H and O–H groups in total. The Bertz CT molecular complexity index is 403. The predicted molar refractivity (Wildman–Crippen MR) is 79.5 cm³/mol. The van der Waals surface area contributed by atoms with E-state index >= 15 is 0 Å². The number of rotatable bonds is 7. The first-order chi connectivity index (χ1) is 9.83. The lowest BCUT2D eigenvalue weighted by molar-refractivity contribution is 0.106. The van der Waals surface area contributed by atoms with Crippen molar-refractivity contribution in [2.75, 3.05) is 27.4 Å². The summed E-state index contributed by atoms with van der Waals surface area (Å²) in [5.41, 5.74) is 1.03. The van der Waals surface area contributed by atoms with E-state index in [-0.39, 0.29) is 0 Å². The van der Waals surface area contributed by atoms with E-state index in [0.29, 0.717) is 12.6 Å². The van der Waals surface area contributed by atoms with Crippen molar-refractivity contribution in [1.82, 2.24) is 5.32 Å². The highest BCUT2D eigenvalue weighted by Crippen LogP contribution is 2.24. The van der Waals surface area contributed by atoms with E-state index < -0.39 is 0 Å². The summed E-state index contributed by atoms with van der Waals surface area (Å²) in [4.78, 5) is 0. The van der Waals surface area contributed by atoms with E-state index in [9.17, 15) is 0 Å². The highest BCUT2D eigenvalue weighted by Gasteiger charge is 2.12. The summed E-state index contributed by atoms with van der Waals surface area (Å²) in [6.45, 7) is 2.49. The minimum absolute atomic E-state index is 0.563. The maximum atomic E-state index is 5.79. The van der Waals surface area contributed by atoms with Crippen LogP contribution in [0.4, 0.5) is 0 Å². The molecule has 1 aliphatic rings. The molecule has 1 aromatic rings. The van der Waals surface area contributed by atoms with Crippen LogP contribution in [-0.2, 0) is 11.3 Å². The molecular weight excluding hydrogens is 254 g/mol. The van der Waals surface area contributed by atoms with Gasteiger partial charge in [-0.1, -0.05) is 6.42 Å². The lowest BCUT2D eigenvalue weighted by atomic mass is 10.0. The normalized spacial score (nSPS) is 18.8. The minimum Gasteiger partial charge on any atom is -0.497 e. The summed E-state index contributed by atoms with van der Waals surface area (Å²) in [5.74, 6) is 1.68. The van der Waals surface area contributed by atoms with Crippen LogP contribution in [0.1, 0.15) is 31.2 Å². The molecule has 2 rings (SSSR count). The van der Waals surface area contributed by atoms with Crippen molar-refractivity contribution >= 4 is 0 Å². The number of piperidine rings is 1. The van der Waals surface area contributed by atoms with Crippen LogP contribution in [-0.4, -0.2) is 33.4 Å². The molecule has 1 heterocycles. The van der Waals surface area contributed by atoms with E-state index in [2.05, 4.69) is 5.32 Å². The summed E-state index contributed by atoms with van der Waals surface area (Å²) in [5, 5.41) is 3.53. The first kappa shape index (κ1) is 15.1. The Hall–Kier alpha value is -1.26. The Morgan fingerprint density at radius 2 is 2.10 bits per heavy atom. The van der Waals surface area contributed by atoms with Crippen molar-refractivity contribution < 1.29 is 14.2 Å². The van der Waals surface area contributed by atoms with E-state index in [1.165, 1.54) is 19.3 Å². The van der Waals surface area contributed by atoms with Crippen LogP contribution >= 0.6 is 0 Å². The minimum atomic E-state index is 0.563. The maximum absolute atomic E-state index is 5.79. The molecule has 4 nitrogen and oxygen atoms in total. The second-order valence-electron chi connectivity index (χ2n) is 5.17. The van der Waals surface area contributed by atoms with Gasteiger partial charge in [-0.15, -0.1) is 0 Å². The van der Waals surface area contributed by atoms with Crippen LogP contribution in [0.25, 0.3) is 0 Å². The van der Waals surface area contributed by atoms with Gasteiger partial charge in [0.25, 0.3) is 0 Å². The molecule has 1 aromatic carbocycles. The van der Waals surface area contributed by atoms with Gasteiger partial charge in [-0.05, 0) is 44.0 Å². The zero-order chi connectivity index (χ0) is 14.2. The number of hydrogen-bond acceptors (Lipinski definition) is 4. The van der Waals surface area contributed by atoms with Gasteiger partial charge in [0.1, 0.15) is 11.5 Å². The third-order valence-electron chi connectivity index (χ3n) is 3.77. The van der Waals surface area contributed by atoms with Gasteiger partial charge < -0.3 is 19.5 Å². The van der Waals surface area contributed by atoms with Crippen LogP contribution < -0.4 is 14.8 Å². The molecule has 112 valence electrons. The molecule has 1 aliphatic heterocycles. The van der Waals surface area contributed by atoms with Crippen LogP contribution in [0.2, 0.25) is 0 Å². The lowest BCUT2D eigenvalue weighted by Crippen LogP contribution is -2.34. The highest BCUT2D eigenvalue weighted by molar-refractivity contribution is 5.39. The molecule has 20 heavy (non-hydrogen) atoms. The smallest absolute Gasteiger partial charge is 0.124 e. The molecule has 1 fully saturated rings. The second kappa shape index (κ2) is 8.12. The van der Waals surface area contributed by atoms with Gasteiger partial charge in [-0.2, -0.15) is 0 Å². The maximum Gasteiger partial charge on any atom is 0.124 e. The van der Waals surface area contributed by atoms with Gasteiger partial charge in [-0.3, -0.25) is 0 Å². The average Bonchev–Trinajstić information content (AvgIpc) is 2.52. The molecule has 0 saturated carbocycles. The Morgan fingerprint density at radius 1 is 1.20 bits per heavy atom. The standard InChI is InChI=1S/C16H25NO3/c1-18-15-6-7-16(19-2)13(11-15)12-20-10-8-14-5-3-4-9-17-14/h6-7,11,14,17H,3-5,8-10,12H2,1-2H3. The largest absolute Gasteiger partial charge is 0.497 e. The fourth-order valence-corrected chi connectivity index (χ4v) is 2.57. The molecule has 4 heteroatoms. The van der Waals surface area contributed by atoms with E-state index in [4.69, 9.17) is 14.2 Å². The first-order valence-corrected chi connectivity index (χ1v) is 7.35. The zero-order valence-corrected chi connectivity index (χ0v) is 12.5. The highest BCUT2D eigenvalue weighted by atomic mass is 16.5. The van der Waals surface area contributed by atoms with Gasteiger partial charge in [0, 0.05) is 18.2 Å². The second-order valence-corrected chi connectivity index (χ2v) is 5.17. The Labute approximate surface area is 121 Å². The molecule has 0 amide bonds. The summed E-state index contributed by atoms with van der Waals surface area (Å²) in [6, 6.07) is 6.41. The van der Waals surface area contributed by atoms with Crippen LogP contribution in [0.3, 0.4) is 0 Å².